The van der Waals surface area contributed by atoms with Gasteiger partial charge in [0, 0.05) is 11.4 Å². The zero-order valence-corrected chi connectivity index (χ0v) is 9.63. The maximum atomic E-state index is 5.97. The molecule has 1 aromatic rings. The monoisotopic (exact) mass is 193 g/mol. The lowest BCUT2D eigenvalue weighted by molar-refractivity contribution is 0.506. The average molecular weight is 193 g/mol. The van der Waals surface area contributed by atoms with E-state index >= 15 is 0 Å². The summed E-state index contributed by atoms with van der Waals surface area (Å²) in [6.45, 7) is 10.1. The van der Waals surface area contributed by atoms with Crippen molar-refractivity contribution in [2.24, 2.45) is 5.73 Å². The molecule has 0 amide bonds. The van der Waals surface area contributed by atoms with Gasteiger partial charge < -0.3 is 5.73 Å². The Labute approximate surface area is 85.8 Å². The number of hydrogen-bond donors (Lipinski definition) is 1. The fourth-order valence-corrected chi connectivity index (χ4v) is 1.18. The first-order chi connectivity index (χ1) is 6.30. The first-order valence-corrected chi connectivity index (χ1v) is 4.95. The molecule has 1 rings (SSSR count). The highest BCUT2D eigenvalue weighted by atomic mass is 15.0. The van der Waals surface area contributed by atoms with Gasteiger partial charge in [0.1, 0.15) is 5.82 Å². The van der Waals surface area contributed by atoms with E-state index in [9.17, 15) is 0 Å². The summed E-state index contributed by atoms with van der Waals surface area (Å²) in [6.07, 6.45) is 0. The summed E-state index contributed by atoms with van der Waals surface area (Å²) in [4.78, 5) is 8.82. The number of nitrogens with two attached hydrogens (primary N) is 1. The number of rotatable bonds is 2. The van der Waals surface area contributed by atoms with Gasteiger partial charge in [0.15, 0.2) is 0 Å². The Kier molecular flexibility index (Phi) is 2.90. The molecule has 0 aliphatic heterocycles. The Bertz CT molecular complexity index is 324. The molecule has 0 bridgehead atoms. The van der Waals surface area contributed by atoms with Crippen molar-refractivity contribution in [1.29, 1.82) is 0 Å². The van der Waals surface area contributed by atoms with Crippen molar-refractivity contribution in [3.05, 3.63) is 23.3 Å². The van der Waals surface area contributed by atoms with Crippen LogP contribution in [-0.2, 0) is 5.54 Å². The zero-order chi connectivity index (χ0) is 10.9. The van der Waals surface area contributed by atoms with Gasteiger partial charge in [-0.2, -0.15) is 0 Å². The summed E-state index contributed by atoms with van der Waals surface area (Å²) < 4.78 is 0. The van der Waals surface area contributed by atoms with Crippen LogP contribution in [0.1, 0.15) is 50.8 Å². The minimum absolute atomic E-state index is 0.415. The third kappa shape index (κ3) is 2.51. The first kappa shape index (κ1) is 11.1. The van der Waals surface area contributed by atoms with Crippen molar-refractivity contribution >= 4 is 0 Å². The molecule has 0 atom stereocenters. The van der Waals surface area contributed by atoms with Gasteiger partial charge in [0.2, 0.25) is 0 Å². The van der Waals surface area contributed by atoms with Gasteiger partial charge in [-0.1, -0.05) is 13.8 Å². The van der Waals surface area contributed by atoms with E-state index in [1.807, 2.05) is 26.8 Å². The maximum Gasteiger partial charge on any atom is 0.148 e. The molecule has 1 aromatic heterocycles. The Hall–Kier alpha value is -0.960. The molecule has 0 fully saturated rings. The van der Waals surface area contributed by atoms with Crippen LogP contribution in [0.5, 0.6) is 0 Å². The minimum Gasteiger partial charge on any atom is -0.319 e. The van der Waals surface area contributed by atoms with Gasteiger partial charge in [-0.25, -0.2) is 9.97 Å². The average Bonchev–Trinajstić information content (AvgIpc) is 2.01. The number of aromatic nitrogens is 2. The normalized spacial score (nSPS) is 12.2. The number of nitrogens with zero attached hydrogens (tertiary/aromatic N) is 2. The molecular formula is C11H19N3. The molecule has 3 nitrogen and oxygen atoms in total. The lowest BCUT2D eigenvalue weighted by atomic mass is 10.0. The van der Waals surface area contributed by atoms with Crippen LogP contribution in [-0.4, -0.2) is 9.97 Å². The SMILES string of the molecule is Cc1cc(C(C)C)nc(C(C)(C)N)n1. The van der Waals surface area contributed by atoms with Crippen molar-refractivity contribution in [1.82, 2.24) is 9.97 Å². The van der Waals surface area contributed by atoms with Gasteiger partial charge in [0.05, 0.1) is 5.54 Å². The standard InChI is InChI=1S/C11H19N3/c1-7(2)9-6-8(3)13-10(14-9)11(4,5)12/h6-7H,12H2,1-5H3. The van der Waals surface area contributed by atoms with Gasteiger partial charge >= 0.3 is 0 Å². The zero-order valence-electron chi connectivity index (χ0n) is 9.63. The predicted molar refractivity (Wildman–Crippen MR) is 58.1 cm³/mol. The number of hydrogen-bond acceptors (Lipinski definition) is 3. The molecule has 0 saturated carbocycles. The third-order valence-corrected chi connectivity index (χ3v) is 2.04. The van der Waals surface area contributed by atoms with E-state index in [2.05, 4.69) is 23.8 Å². The van der Waals surface area contributed by atoms with E-state index in [0.717, 1.165) is 17.2 Å². The first-order valence-electron chi connectivity index (χ1n) is 4.95. The molecule has 0 saturated heterocycles. The molecule has 0 aliphatic carbocycles. The van der Waals surface area contributed by atoms with E-state index < -0.39 is 5.54 Å². The van der Waals surface area contributed by atoms with Crippen molar-refractivity contribution in [3.8, 4) is 0 Å². The summed E-state index contributed by atoms with van der Waals surface area (Å²) in [6, 6.07) is 2.01. The molecule has 2 N–H and O–H groups in total. The van der Waals surface area contributed by atoms with Gasteiger partial charge in [-0.15, -0.1) is 0 Å². The summed E-state index contributed by atoms with van der Waals surface area (Å²) in [5.74, 6) is 1.14. The highest BCUT2D eigenvalue weighted by Crippen LogP contribution is 2.17. The van der Waals surface area contributed by atoms with E-state index in [0.29, 0.717) is 5.92 Å². The van der Waals surface area contributed by atoms with E-state index in [-0.39, 0.29) is 0 Å². The molecule has 0 aromatic carbocycles. The largest absolute Gasteiger partial charge is 0.319 e. The maximum absolute atomic E-state index is 5.97. The van der Waals surface area contributed by atoms with Crippen molar-refractivity contribution < 1.29 is 0 Å². The highest BCUT2D eigenvalue weighted by molar-refractivity contribution is 5.16. The quantitative estimate of drug-likeness (QED) is 0.782. The fourth-order valence-electron chi connectivity index (χ4n) is 1.18. The molecule has 0 aliphatic rings. The Balaban J connectivity index is 3.21. The summed E-state index contributed by atoms with van der Waals surface area (Å²) in [5, 5.41) is 0. The summed E-state index contributed by atoms with van der Waals surface area (Å²) >= 11 is 0. The topological polar surface area (TPSA) is 51.8 Å². The van der Waals surface area contributed by atoms with Gasteiger partial charge in [0.25, 0.3) is 0 Å². The van der Waals surface area contributed by atoms with Crippen molar-refractivity contribution in [3.63, 3.8) is 0 Å². The van der Waals surface area contributed by atoms with Gasteiger partial charge in [-0.05, 0) is 32.8 Å². The van der Waals surface area contributed by atoms with E-state index in [1.165, 1.54) is 0 Å². The van der Waals surface area contributed by atoms with Crippen molar-refractivity contribution in [2.45, 2.75) is 46.1 Å². The molecule has 14 heavy (non-hydrogen) atoms. The molecular weight excluding hydrogens is 174 g/mol. The van der Waals surface area contributed by atoms with Crippen LogP contribution in [0.3, 0.4) is 0 Å². The number of aryl methyl sites for hydroxylation is 1. The van der Waals surface area contributed by atoms with Crippen LogP contribution in [0, 0.1) is 6.92 Å². The van der Waals surface area contributed by atoms with Crippen molar-refractivity contribution in [2.75, 3.05) is 0 Å². The lowest BCUT2D eigenvalue weighted by Gasteiger charge is -2.18. The Morgan fingerprint density at radius 1 is 1.29 bits per heavy atom. The Morgan fingerprint density at radius 2 is 1.86 bits per heavy atom. The van der Waals surface area contributed by atoms with Crippen LogP contribution < -0.4 is 5.73 Å². The summed E-state index contributed by atoms with van der Waals surface area (Å²) in [7, 11) is 0. The molecule has 0 spiro atoms. The molecule has 3 heteroatoms. The highest BCUT2D eigenvalue weighted by Gasteiger charge is 2.19. The fraction of sp³-hybridized carbons (Fsp3) is 0.636. The minimum atomic E-state index is -0.463. The molecule has 1 heterocycles. The van der Waals surface area contributed by atoms with Crippen LogP contribution in [0.25, 0.3) is 0 Å². The van der Waals surface area contributed by atoms with Crippen LogP contribution in [0.2, 0.25) is 0 Å². The third-order valence-electron chi connectivity index (χ3n) is 2.04. The van der Waals surface area contributed by atoms with E-state index in [1.54, 1.807) is 0 Å². The van der Waals surface area contributed by atoms with E-state index in [4.69, 9.17) is 5.73 Å². The summed E-state index contributed by atoms with van der Waals surface area (Å²) in [5.41, 5.74) is 7.55. The van der Waals surface area contributed by atoms with Crippen LogP contribution in [0.15, 0.2) is 6.07 Å². The smallest absolute Gasteiger partial charge is 0.148 e. The van der Waals surface area contributed by atoms with Crippen LogP contribution >= 0.6 is 0 Å². The molecule has 0 radical (unpaired) electrons. The second-order valence-electron chi connectivity index (χ2n) is 4.63. The molecule has 78 valence electrons. The van der Waals surface area contributed by atoms with Gasteiger partial charge in [-0.3, -0.25) is 0 Å². The van der Waals surface area contributed by atoms with Crippen LogP contribution in [0.4, 0.5) is 0 Å². The predicted octanol–water partition coefficient (Wildman–Crippen LogP) is 2.10. The lowest BCUT2D eigenvalue weighted by Crippen LogP contribution is -2.32. The Morgan fingerprint density at radius 3 is 2.29 bits per heavy atom. The second-order valence-corrected chi connectivity index (χ2v) is 4.63. The molecule has 0 unspecified atom stereocenters. The second kappa shape index (κ2) is 3.65.